The highest BCUT2D eigenvalue weighted by Gasteiger charge is 2.88. The molecule has 77 heavy (non-hydrogen) atoms. The molecule has 7 aliphatic carbocycles. The van der Waals surface area contributed by atoms with Crippen LogP contribution < -0.4 is 10.4 Å². The summed E-state index contributed by atoms with van der Waals surface area (Å²) in [6.07, 6.45) is 39.0. The van der Waals surface area contributed by atoms with E-state index in [-0.39, 0.29) is 38.8 Å². The molecule has 0 aromatic heterocycles. The normalized spacial score (nSPS) is 42.0. The van der Waals surface area contributed by atoms with Gasteiger partial charge in [-0.1, -0.05) is 208 Å². The number of hydrogen-bond acceptors (Lipinski definition) is 12. The maximum Gasteiger partial charge on any atom is 0.482 e. The Labute approximate surface area is 476 Å². The molecule has 13 aliphatic rings. The van der Waals surface area contributed by atoms with E-state index in [9.17, 15) is 0 Å². The highest BCUT2D eigenvalue weighted by molar-refractivity contribution is 7.04. The van der Waals surface area contributed by atoms with E-state index in [4.69, 9.17) is 49.4 Å². The maximum atomic E-state index is 8.83. The molecule has 0 N–H and O–H groups in total. The van der Waals surface area contributed by atoms with Crippen LogP contribution in [0.3, 0.4) is 0 Å². The second kappa shape index (κ2) is 23.0. The Morgan fingerprint density at radius 2 is 0.558 bits per heavy atom. The smallest absolute Gasteiger partial charge is 0.373 e. The standard InChI is InChI=1S/C55H99O12Si10/c1-68(2)47-41-43-48(44-42-47)69(3,4)45-26-46-70-56-71(49-27-12-5-13-28-49)59-74(52-33-18-8-19-34-52)61-72(57-70,50-29-14-6-15-30-50)63-76(54-37-22-10-23-38-54)64-73(58-70,51-31-16-7-17-32-51)62-75(60-71,53-35-20-9-21-36-53)66-77(65-74,67-76)55-39-24-11-25-40-55/h41-44,49-55H,5-40,45-46H2,1-4H3. The van der Waals surface area contributed by atoms with Crippen LogP contribution in [0.4, 0.5) is 0 Å². The summed E-state index contributed by atoms with van der Waals surface area (Å²) in [6, 6.07) is 11.5. The maximum absolute atomic E-state index is 8.83. The van der Waals surface area contributed by atoms with Crippen molar-refractivity contribution in [2.45, 2.75) is 308 Å². The molecule has 14 rings (SSSR count). The largest absolute Gasteiger partial charge is 0.482 e. The van der Waals surface area contributed by atoms with Gasteiger partial charge in [0.25, 0.3) is 0 Å². The highest BCUT2D eigenvalue weighted by Crippen LogP contribution is 2.65. The monoisotopic (exact) mass is 1230 g/mol. The summed E-state index contributed by atoms with van der Waals surface area (Å²) in [6.45, 7) is 9.95. The fraction of sp³-hybridized carbons (Fsp3) is 0.891. The van der Waals surface area contributed by atoms with Gasteiger partial charge >= 0.3 is 70.4 Å². The number of hydrogen-bond donors (Lipinski definition) is 0. The van der Waals surface area contributed by atoms with Gasteiger partial charge in [0.15, 0.2) is 0 Å². The Bertz CT molecular complexity index is 1970. The van der Waals surface area contributed by atoms with E-state index in [1.165, 1.54) is 55.3 Å². The Kier molecular flexibility index (Phi) is 17.0. The summed E-state index contributed by atoms with van der Waals surface area (Å²) in [5, 5.41) is 3.03. The Balaban J connectivity index is 1.08. The second-order valence-electron chi connectivity index (χ2n) is 27.8. The van der Waals surface area contributed by atoms with Gasteiger partial charge in [-0.2, -0.15) is 0 Å². The van der Waals surface area contributed by atoms with E-state index in [0.717, 1.165) is 192 Å². The van der Waals surface area contributed by atoms with E-state index in [1.54, 1.807) is 0 Å². The topological polar surface area (TPSA) is 111 Å². The van der Waals surface area contributed by atoms with Crippen LogP contribution in [0, 0.1) is 0 Å². The quantitative estimate of drug-likeness (QED) is 0.175. The van der Waals surface area contributed by atoms with Crippen LogP contribution in [0.5, 0.6) is 0 Å². The lowest BCUT2D eigenvalue weighted by molar-refractivity contribution is -0.0514. The van der Waals surface area contributed by atoms with Gasteiger partial charge in [-0.3, -0.25) is 0 Å². The van der Waals surface area contributed by atoms with Crippen molar-refractivity contribution in [1.29, 1.82) is 0 Å². The molecule has 22 heteroatoms. The molecule has 1 aromatic rings. The third kappa shape index (κ3) is 10.9. The summed E-state index contributed by atoms with van der Waals surface area (Å²) in [7, 11) is -34.9. The van der Waals surface area contributed by atoms with E-state index in [1.807, 2.05) is 0 Å². The SMILES string of the molecule is C[Si](C)c1ccc([Si](C)(C)CCC[Si]23O[Si]4(C5CCCCC5)O[Si]5(C6CCCCC6)O[Si](C6CCCCC6)(O2)O[Si]2(C6CCCCC6)O[Si](C6CCCCC6)(O3)O[Si](C3CCCCC3)(O4)O[Si](C3CCCCC3)(O5)O2)cc1. The lowest BCUT2D eigenvalue weighted by Crippen LogP contribution is -2.91. The molecule has 0 unspecified atom stereocenters. The van der Waals surface area contributed by atoms with Crippen molar-refractivity contribution >= 4 is 97.7 Å². The number of benzene rings is 1. The van der Waals surface area contributed by atoms with Crippen molar-refractivity contribution in [2.75, 3.05) is 0 Å². The summed E-state index contributed by atoms with van der Waals surface area (Å²) in [5.41, 5.74) is 0.306. The van der Waals surface area contributed by atoms with Crippen molar-refractivity contribution in [1.82, 2.24) is 0 Å². The first-order valence-electron chi connectivity index (χ1n) is 32.7. The molecule has 6 saturated heterocycles. The summed E-state index contributed by atoms with van der Waals surface area (Å²) in [5.74, 6) is 0. The molecule has 8 bridgehead atoms. The second-order valence-corrected chi connectivity index (χ2v) is 61.0. The van der Waals surface area contributed by atoms with Crippen LogP contribution in [-0.4, -0.2) is 87.3 Å². The fourth-order valence-electron chi connectivity index (χ4n) is 17.2. The minimum atomic E-state index is -4.07. The van der Waals surface area contributed by atoms with E-state index in [0.29, 0.717) is 6.04 Å². The molecule has 6 heterocycles. The van der Waals surface area contributed by atoms with E-state index in [2.05, 4.69) is 50.5 Å². The first-order chi connectivity index (χ1) is 37.3. The van der Waals surface area contributed by atoms with Gasteiger partial charge in [-0.05, 0) is 89.9 Å². The van der Waals surface area contributed by atoms with Gasteiger partial charge in [0, 0.05) is 44.8 Å². The van der Waals surface area contributed by atoms with Crippen LogP contribution in [0.2, 0.25) is 77.1 Å². The zero-order chi connectivity index (χ0) is 52.5. The van der Waals surface area contributed by atoms with Crippen molar-refractivity contribution < 1.29 is 49.4 Å². The van der Waals surface area contributed by atoms with E-state index >= 15 is 0 Å². The van der Waals surface area contributed by atoms with Crippen molar-refractivity contribution in [3.8, 4) is 0 Å². The molecular formula is C55H99O12Si10. The lowest BCUT2D eigenvalue weighted by atomic mass is 10.0. The van der Waals surface area contributed by atoms with Gasteiger partial charge in [-0.15, -0.1) is 0 Å². The van der Waals surface area contributed by atoms with Gasteiger partial charge in [0.1, 0.15) is 0 Å². The third-order valence-electron chi connectivity index (χ3n) is 21.7. The predicted molar refractivity (Wildman–Crippen MR) is 322 cm³/mol. The first kappa shape index (κ1) is 57.0. The average Bonchev–Trinajstić information content (AvgIpc) is 3.60. The summed E-state index contributed by atoms with van der Waals surface area (Å²) < 4.78 is 106. The van der Waals surface area contributed by atoms with Gasteiger partial charge in [0.05, 0.1) is 16.9 Å². The Morgan fingerprint density at radius 1 is 0.338 bits per heavy atom. The molecule has 1 aromatic carbocycles. The highest BCUT2D eigenvalue weighted by atomic mass is 28.6. The molecule has 0 spiro atoms. The fourth-order valence-corrected chi connectivity index (χ4v) is 76.9. The minimum Gasteiger partial charge on any atom is -0.373 e. The van der Waals surface area contributed by atoms with Crippen LogP contribution in [0.1, 0.15) is 231 Å². The van der Waals surface area contributed by atoms with Crippen LogP contribution >= 0.6 is 0 Å². The van der Waals surface area contributed by atoms with Crippen molar-refractivity contribution in [3.63, 3.8) is 0 Å². The molecule has 0 atom stereocenters. The molecule has 1 radical (unpaired) electrons. The van der Waals surface area contributed by atoms with Crippen LogP contribution in [0.15, 0.2) is 24.3 Å². The first-order valence-corrected chi connectivity index (χ1v) is 52.9. The predicted octanol–water partition coefficient (Wildman–Crippen LogP) is 15.1. The third-order valence-corrected chi connectivity index (χ3v) is 66.3. The van der Waals surface area contributed by atoms with E-state index < -0.39 is 87.3 Å². The van der Waals surface area contributed by atoms with Gasteiger partial charge in [0.2, 0.25) is 0 Å². The molecular weight excluding hydrogens is 1130 g/mol. The number of rotatable bonds is 13. The Morgan fingerprint density at radius 3 is 0.779 bits per heavy atom. The average molecular weight is 1230 g/mol. The zero-order valence-electron chi connectivity index (χ0n) is 48.1. The summed E-state index contributed by atoms with van der Waals surface area (Å²) >= 11 is 0. The van der Waals surface area contributed by atoms with Gasteiger partial charge in [-0.25, -0.2) is 0 Å². The lowest BCUT2D eigenvalue weighted by Gasteiger charge is -2.68. The Hall–Kier alpha value is 0.909. The molecule has 0 amide bonds. The van der Waals surface area contributed by atoms with Crippen molar-refractivity contribution in [2.24, 2.45) is 0 Å². The van der Waals surface area contributed by atoms with Crippen LogP contribution in [-0.2, 0) is 49.4 Å². The zero-order valence-corrected chi connectivity index (χ0v) is 58.1. The van der Waals surface area contributed by atoms with Crippen LogP contribution in [0.25, 0.3) is 0 Å². The summed E-state index contributed by atoms with van der Waals surface area (Å²) in [4.78, 5) is 0. The van der Waals surface area contributed by atoms with Gasteiger partial charge < -0.3 is 49.4 Å². The minimum absolute atomic E-state index is 0.0365. The molecule has 13 fully saturated rings. The molecule has 6 aliphatic heterocycles. The van der Waals surface area contributed by atoms with Crippen molar-refractivity contribution in [3.05, 3.63) is 24.3 Å². The molecule has 12 nitrogen and oxygen atoms in total. The molecule has 431 valence electrons. The molecule has 7 saturated carbocycles.